The largest absolute Gasteiger partial charge is 0.493 e. The van der Waals surface area contributed by atoms with Crippen molar-refractivity contribution < 1.29 is 23.0 Å². The Bertz CT molecular complexity index is 421. The predicted octanol–water partition coefficient (Wildman–Crippen LogP) is 1.12. The van der Waals surface area contributed by atoms with E-state index in [1.165, 1.54) is 14.2 Å². The first-order chi connectivity index (χ1) is 7.56. The van der Waals surface area contributed by atoms with Crippen LogP contribution in [-0.4, -0.2) is 26.5 Å². The van der Waals surface area contributed by atoms with Gasteiger partial charge in [-0.15, -0.1) is 0 Å². The normalized spacial score (nSPS) is 10.1. The molecule has 0 saturated carbocycles. The Kier molecular flexibility index (Phi) is 3.78. The highest BCUT2D eigenvalue weighted by Gasteiger charge is 2.24. The molecular formula is C10H11F2NO3. The van der Waals surface area contributed by atoms with Gasteiger partial charge in [-0.3, -0.25) is 4.79 Å². The average Bonchev–Trinajstić information content (AvgIpc) is 2.30. The fraction of sp³-hybridized carbons (Fsp3) is 0.300. The molecule has 0 radical (unpaired) electrons. The minimum Gasteiger partial charge on any atom is -0.493 e. The topological polar surface area (TPSA) is 61.5 Å². The van der Waals surface area contributed by atoms with Crippen molar-refractivity contribution in [1.29, 1.82) is 0 Å². The summed E-state index contributed by atoms with van der Waals surface area (Å²) in [6.07, 6.45) is 0. The van der Waals surface area contributed by atoms with E-state index in [9.17, 15) is 13.6 Å². The van der Waals surface area contributed by atoms with E-state index in [2.05, 4.69) is 0 Å². The molecule has 0 bridgehead atoms. The molecule has 2 N–H and O–H groups in total. The summed E-state index contributed by atoms with van der Waals surface area (Å²) in [5.41, 5.74) is 4.58. The number of carbonyl (C=O) groups is 1. The van der Waals surface area contributed by atoms with Crippen molar-refractivity contribution in [2.75, 3.05) is 20.8 Å². The molecule has 0 aliphatic carbocycles. The highest BCUT2D eigenvalue weighted by molar-refractivity contribution is 6.01. The Morgan fingerprint density at radius 2 is 2.00 bits per heavy atom. The fourth-order valence-electron chi connectivity index (χ4n) is 1.29. The Morgan fingerprint density at radius 1 is 1.38 bits per heavy atom. The van der Waals surface area contributed by atoms with Crippen LogP contribution in [0.3, 0.4) is 0 Å². The van der Waals surface area contributed by atoms with Crippen molar-refractivity contribution in [2.45, 2.75) is 0 Å². The van der Waals surface area contributed by atoms with Gasteiger partial charge in [-0.25, -0.2) is 8.78 Å². The van der Waals surface area contributed by atoms with Crippen molar-refractivity contribution >= 4 is 5.78 Å². The van der Waals surface area contributed by atoms with E-state index in [4.69, 9.17) is 15.2 Å². The van der Waals surface area contributed by atoms with Crippen LogP contribution in [0.15, 0.2) is 6.07 Å². The maximum absolute atomic E-state index is 13.4. The summed E-state index contributed by atoms with van der Waals surface area (Å²) in [6.45, 7) is -0.445. The van der Waals surface area contributed by atoms with E-state index in [0.29, 0.717) is 0 Å². The summed E-state index contributed by atoms with van der Waals surface area (Å²) < 4.78 is 36.2. The number of carbonyl (C=O) groups excluding carboxylic acids is 1. The summed E-state index contributed by atoms with van der Waals surface area (Å²) in [4.78, 5) is 11.4. The van der Waals surface area contributed by atoms with Crippen molar-refractivity contribution in [1.82, 2.24) is 0 Å². The molecule has 1 aromatic rings. The van der Waals surface area contributed by atoms with E-state index in [1.54, 1.807) is 0 Å². The molecule has 4 nitrogen and oxygen atoms in total. The molecule has 88 valence electrons. The number of methoxy groups -OCH3 is 2. The highest BCUT2D eigenvalue weighted by Crippen LogP contribution is 2.34. The first-order valence-electron chi connectivity index (χ1n) is 4.40. The number of benzene rings is 1. The summed E-state index contributed by atoms with van der Waals surface area (Å²) in [5, 5.41) is 0. The Morgan fingerprint density at radius 3 is 2.44 bits per heavy atom. The SMILES string of the molecule is COc1cc(F)c(F)c(C(=O)CN)c1OC. The van der Waals surface area contributed by atoms with Gasteiger partial charge in [-0.2, -0.15) is 0 Å². The molecular weight excluding hydrogens is 220 g/mol. The standard InChI is InChI=1S/C10H11F2NO3/c1-15-7-3-5(11)9(12)8(6(14)4-13)10(7)16-2/h3H,4,13H2,1-2H3. The quantitative estimate of drug-likeness (QED) is 0.789. The maximum Gasteiger partial charge on any atom is 0.183 e. The summed E-state index contributed by atoms with van der Waals surface area (Å²) >= 11 is 0. The number of rotatable bonds is 4. The lowest BCUT2D eigenvalue weighted by atomic mass is 10.1. The molecule has 0 atom stereocenters. The minimum absolute atomic E-state index is 0.0572. The highest BCUT2D eigenvalue weighted by atomic mass is 19.2. The van der Waals surface area contributed by atoms with Gasteiger partial charge >= 0.3 is 0 Å². The van der Waals surface area contributed by atoms with Gasteiger partial charge in [0.05, 0.1) is 20.8 Å². The summed E-state index contributed by atoms with van der Waals surface area (Å²) in [7, 11) is 2.48. The number of hydrogen-bond donors (Lipinski definition) is 1. The van der Waals surface area contributed by atoms with Crippen LogP contribution < -0.4 is 15.2 Å². The number of ether oxygens (including phenoxy) is 2. The molecule has 0 aliphatic rings. The van der Waals surface area contributed by atoms with Crippen LogP contribution in [0.25, 0.3) is 0 Å². The molecule has 1 rings (SSSR count). The smallest absolute Gasteiger partial charge is 0.183 e. The molecule has 0 spiro atoms. The number of hydrogen-bond acceptors (Lipinski definition) is 4. The van der Waals surface area contributed by atoms with E-state index in [1.807, 2.05) is 0 Å². The van der Waals surface area contributed by atoms with E-state index >= 15 is 0 Å². The van der Waals surface area contributed by atoms with Crippen molar-refractivity contribution in [2.24, 2.45) is 5.73 Å². The molecule has 0 aromatic heterocycles. The van der Waals surface area contributed by atoms with Crippen molar-refractivity contribution in [3.8, 4) is 11.5 Å². The molecule has 0 amide bonds. The van der Waals surface area contributed by atoms with Crippen LogP contribution in [0, 0.1) is 11.6 Å². The van der Waals surface area contributed by atoms with Gasteiger partial charge in [-0.1, -0.05) is 0 Å². The molecule has 0 unspecified atom stereocenters. The van der Waals surface area contributed by atoms with Crippen LogP contribution in [0.5, 0.6) is 11.5 Å². The Labute approximate surface area is 91.0 Å². The van der Waals surface area contributed by atoms with E-state index < -0.39 is 29.5 Å². The van der Waals surface area contributed by atoms with Crippen LogP contribution in [0.2, 0.25) is 0 Å². The third-order valence-corrected chi connectivity index (χ3v) is 2.03. The lowest BCUT2D eigenvalue weighted by Crippen LogP contribution is -2.17. The molecule has 0 heterocycles. The zero-order chi connectivity index (χ0) is 12.3. The Balaban J connectivity index is 3.53. The lowest BCUT2D eigenvalue weighted by Gasteiger charge is -2.12. The molecule has 0 saturated heterocycles. The van der Waals surface area contributed by atoms with E-state index in [-0.39, 0.29) is 11.5 Å². The van der Waals surface area contributed by atoms with Gasteiger partial charge < -0.3 is 15.2 Å². The lowest BCUT2D eigenvalue weighted by molar-refractivity contribution is 0.0992. The van der Waals surface area contributed by atoms with Gasteiger partial charge in [0.1, 0.15) is 5.56 Å². The first-order valence-corrected chi connectivity index (χ1v) is 4.40. The van der Waals surface area contributed by atoms with Gasteiger partial charge in [-0.05, 0) is 0 Å². The number of ketones is 1. The second-order valence-electron chi connectivity index (χ2n) is 2.91. The zero-order valence-electron chi connectivity index (χ0n) is 8.84. The summed E-state index contributed by atoms with van der Waals surface area (Å²) in [5.74, 6) is -3.44. The number of nitrogens with two attached hydrogens (primary N) is 1. The molecule has 6 heteroatoms. The number of Topliss-reactive ketones (excluding diaryl/α,β-unsaturated/α-hetero) is 1. The van der Waals surface area contributed by atoms with Crippen LogP contribution in [0.1, 0.15) is 10.4 Å². The average molecular weight is 231 g/mol. The molecule has 16 heavy (non-hydrogen) atoms. The second kappa shape index (κ2) is 4.89. The van der Waals surface area contributed by atoms with Crippen LogP contribution in [0.4, 0.5) is 8.78 Å². The van der Waals surface area contributed by atoms with E-state index in [0.717, 1.165) is 6.07 Å². The van der Waals surface area contributed by atoms with Gasteiger partial charge in [0.2, 0.25) is 0 Å². The third-order valence-electron chi connectivity index (χ3n) is 2.03. The molecule has 1 aromatic carbocycles. The monoisotopic (exact) mass is 231 g/mol. The summed E-state index contributed by atoms with van der Waals surface area (Å²) in [6, 6.07) is 0.807. The minimum atomic E-state index is -1.28. The number of halogens is 2. The van der Waals surface area contributed by atoms with Gasteiger partial charge in [0, 0.05) is 6.07 Å². The molecule has 0 aliphatic heterocycles. The zero-order valence-corrected chi connectivity index (χ0v) is 8.84. The van der Waals surface area contributed by atoms with Crippen molar-refractivity contribution in [3.05, 3.63) is 23.3 Å². The Hall–Kier alpha value is -1.69. The maximum atomic E-state index is 13.4. The van der Waals surface area contributed by atoms with Gasteiger partial charge in [0.15, 0.2) is 28.9 Å². The van der Waals surface area contributed by atoms with Crippen molar-refractivity contribution in [3.63, 3.8) is 0 Å². The van der Waals surface area contributed by atoms with Crippen LogP contribution >= 0.6 is 0 Å². The second-order valence-corrected chi connectivity index (χ2v) is 2.91. The fourth-order valence-corrected chi connectivity index (χ4v) is 1.29. The first kappa shape index (κ1) is 12.4. The third kappa shape index (κ3) is 1.96. The van der Waals surface area contributed by atoms with Crippen LogP contribution in [-0.2, 0) is 0 Å². The molecule has 0 fully saturated rings. The predicted molar refractivity (Wildman–Crippen MR) is 52.8 cm³/mol. The van der Waals surface area contributed by atoms with Gasteiger partial charge in [0.25, 0.3) is 0 Å².